The molecule has 1 aromatic heterocycles. The average molecular weight is 232 g/mol. The van der Waals surface area contributed by atoms with Crippen molar-refractivity contribution >= 4 is 11.1 Å². The van der Waals surface area contributed by atoms with E-state index in [1.54, 1.807) is 11.6 Å². The molecule has 3 rings (SSSR count). The Bertz CT molecular complexity index is 618. The quantitative estimate of drug-likeness (QED) is 0.814. The van der Waals surface area contributed by atoms with Crippen LogP contribution in [0.3, 0.4) is 0 Å². The summed E-state index contributed by atoms with van der Waals surface area (Å²) in [5.41, 5.74) is 2.77. The minimum Gasteiger partial charge on any atom is -0.408 e. The first-order chi connectivity index (χ1) is 8.10. The predicted molar refractivity (Wildman–Crippen MR) is 66.0 cm³/mol. The van der Waals surface area contributed by atoms with E-state index in [1.807, 2.05) is 12.1 Å². The fourth-order valence-electron chi connectivity index (χ4n) is 2.61. The lowest BCUT2D eigenvalue weighted by atomic mass is 9.90. The van der Waals surface area contributed by atoms with Gasteiger partial charge >= 0.3 is 5.76 Å². The molecule has 1 N–H and O–H groups in total. The van der Waals surface area contributed by atoms with Crippen molar-refractivity contribution in [2.75, 3.05) is 6.54 Å². The molecule has 1 fully saturated rings. The second-order valence-corrected chi connectivity index (χ2v) is 4.97. The number of hydrogen-bond donors (Lipinski definition) is 1. The topological polar surface area (TPSA) is 47.2 Å². The van der Waals surface area contributed by atoms with Crippen LogP contribution in [0.4, 0.5) is 0 Å². The van der Waals surface area contributed by atoms with Gasteiger partial charge in [-0.15, -0.1) is 0 Å². The van der Waals surface area contributed by atoms with E-state index in [0.29, 0.717) is 5.58 Å². The van der Waals surface area contributed by atoms with Crippen molar-refractivity contribution < 1.29 is 4.42 Å². The van der Waals surface area contributed by atoms with Gasteiger partial charge in [-0.25, -0.2) is 4.79 Å². The van der Waals surface area contributed by atoms with Gasteiger partial charge in [0.05, 0.1) is 5.52 Å². The van der Waals surface area contributed by atoms with Crippen LogP contribution in [-0.2, 0) is 12.6 Å². The zero-order valence-electron chi connectivity index (χ0n) is 10.1. The lowest BCUT2D eigenvalue weighted by Crippen LogP contribution is -2.33. The van der Waals surface area contributed by atoms with Gasteiger partial charge in [-0.3, -0.25) is 4.57 Å². The van der Waals surface area contributed by atoms with E-state index in [-0.39, 0.29) is 11.3 Å². The van der Waals surface area contributed by atoms with Crippen LogP contribution < -0.4 is 11.1 Å². The van der Waals surface area contributed by atoms with Gasteiger partial charge in [-0.1, -0.05) is 6.07 Å². The van der Waals surface area contributed by atoms with Crippen molar-refractivity contribution in [2.45, 2.75) is 25.3 Å². The van der Waals surface area contributed by atoms with Gasteiger partial charge < -0.3 is 9.73 Å². The molecule has 0 aliphatic carbocycles. The Labute approximate surface area is 99.2 Å². The summed E-state index contributed by atoms with van der Waals surface area (Å²) in [6.45, 7) is 3.26. The summed E-state index contributed by atoms with van der Waals surface area (Å²) in [6, 6.07) is 5.99. The SMILES string of the molecule is Cn1c(=O)oc2ccc(C3(C)CCCN3)cc21. The van der Waals surface area contributed by atoms with E-state index in [0.717, 1.165) is 18.5 Å². The van der Waals surface area contributed by atoms with Gasteiger partial charge in [0, 0.05) is 12.6 Å². The second-order valence-electron chi connectivity index (χ2n) is 4.97. The molecule has 0 saturated carbocycles. The Morgan fingerprint density at radius 2 is 2.29 bits per heavy atom. The molecule has 1 aliphatic heterocycles. The van der Waals surface area contributed by atoms with E-state index in [1.165, 1.54) is 12.0 Å². The largest absolute Gasteiger partial charge is 0.419 e. The van der Waals surface area contributed by atoms with Crippen LogP contribution in [0.5, 0.6) is 0 Å². The van der Waals surface area contributed by atoms with E-state index in [2.05, 4.69) is 18.3 Å². The van der Waals surface area contributed by atoms with Crippen molar-refractivity contribution in [1.82, 2.24) is 9.88 Å². The molecule has 1 aliphatic rings. The van der Waals surface area contributed by atoms with Crippen LogP contribution in [0.15, 0.2) is 27.4 Å². The molecule has 1 atom stereocenters. The summed E-state index contributed by atoms with van der Waals surface area (Å²) >= 11 is 0. The predicted octanol–water partition coefficient (Wildman–Crippen LogP) is 1.73. The summed E-state index contributed by atoms with van der Waals surface area (Å²) in [7, 11) is 1.74. The number of benzene rings is 1. The van der Waals surface area contributed by atoms with Crippen molar-refractivity contribution in [3.63, 3.8) is 0 Å². The zero-order valence-corrected chi connectivity index (χ0v) is 10.1. The van der Waals surface area contributed by atoms with Gasteiger partial charge in [0.2, 0.25) is 0 Å². The molecule has 2 aromatic rings. The number of nitrogens with zero attached hydrogens (tertiary/aromatic N) is 1. The Morgan fingerprint density at radius 3 is 3.00 bits per heavy atom. The maximum absolute atomic E-state index is 11.4. The van der Waals surface area contributed by atoms with Gasteiger partial charge in [0.15, 0.2) is 5.58 Å². The molecule has 17 heavy (non-hydrogen) atoms. The summed E-state index contributed by atoms with van der Waals surface area (Å²) in [5.74, 6) is -0.304. The molecule has 0 radical (unpaired) electrons. The molecule has 4 heteroatoms. The van der Waals surface area contributed by atoms with Crippen LogP contribution in [-0.4, -0.2) is 11.1 Å². The number of oxazole rings is 1. The normalized spacial score (nSPS) is 24.6. The first-order valence-electron chi connectivity index (χ1n) is 5.95. The fraction of sp³-hybridized carbons (Fsp3) is 0.462. The summed E-state index contributed by atoms with van der Waals surface area (Å²) in [4.78, 5) is 11.4. The van der Waals surface area contributed by atoms with E-state index in [4.69, 9.17) is 4.42 Å². The van der Waals surface area contributed by atoms with Crippen molar-refractivity contribution in [2.24, 2.45) is 7.05 Å². The number of nitrogens with one attached hydrogen (secondary N) is 1. The molecule has 90 valence electrons. The first kappa shape index (κ1) is 10.6. The molecule has 0 spiro atoms. The van der Waals surface area contributed by atoms with E-state index < -0.39 is 0 Å². The maximum Gasteiger partial charge on any atom is 0.419 e. The molecule has 2 heterocycles. The van der Waals surface area contributed by atoms with Crippen LogP contribution in [0.25, 0.3) is 11.1 Å². The van der Waals surface area contributed by atoms with E-state index in [9.17, 15) is 4.79 Å². The number of hydrogen-bond acceptors (Lipinski definition) is 3. The Balaban J connectivity index is 2.19. The number of aryl methyl sites for hydroxylation is 1. The third-order valence-corrected chi connectivity index (χ3v) is 3.80. The minimum absolute atomic E-state index is 0.0293. The Hall–Kier alpha value is -1.55. The molecule has 0 amide bonds. The molecule has 1 aromatic carbocycles. The lowest BCUT2D eigenvalue weighted by Gasteiger charge is -2.24. The molecule has 1 unspecified atom stereocenters. The maximum atomic E-state index is 11.4. The summed E-state index contributed by atoms with van der Waals surface area (Å²) in [5, 5.41) is 3.52. The third kappa shape index (κ3) is 1.52. The highest BCUT2D eigenvalue weighted by molar-refractivity contribution is 5.74. The fourth-order valence-corrected chi connectivity index (χ4v) is 2.61. The van der Waals surface area contributed by atoms with Crippen LogP contribution >= 0.6 is 0 Å². The molecule has 0 bridgehead atoms. The molecular formula is C13H16N2O2. The van der Waals surface area contributed by atoms with Crippen molar-refractivity contribution in [3.8, 4) is 0 Å². The second kappa shape index (κ2) is 3.47. The smallest absolute Gasteiger partial charge is 0.408 e. The Kier molecular flexibility index (Phi) is 2.16. The molecule has 1 saturated heterocycles. The number of fused-ring (bicyclic) bond motifs is 1. The van der Waals surface area contributed by atoms with Gasteiger partial charge in [0.1, 0.15) is 0 Å². The Morgan fingerprint density at radius 1 is 1.47 bits per heavy atom. The average Bonchev–Trinajstić information content (AvgIpc) is 2.86. The number of rotatable bonds is 1. The van der Waals surface area contributed by atoms with Crippen LogP contribution in [0.2, 0.25) is 0 Å². The van der Waals surface area contributed by atoms with Crippen molar-refractivity contribution in [3.05, 3.63) is 34.3 Å². The highest BCUT2D eigenvalue weighted by atomic mass is 16.4. The van der Waals surface area contributed by atoms with Crippen LogP contribution in [0, 0.1) is 0 Å². The number of aromatic nitrogens is 1. The van der Waals surface area contributed by atoms with E-state index >= 15 is 0 Å². The van der Waals surface area contributed by atoms with Crippen LogP contribution in [0.1, 0.15) is 25.3 Å². The summed E-state index contributed by atoms with van der Waals surface area (Å²) < 4.78 is 6.69. The standard InChI is InChI=1S/C13H16N2O2/c1-13(6-3-7-14-13)9-4-5-11-10(8-9)15(2)12(16)17-11/h4-5,8,14H,3,6-7H2,1-2H3. The zero-order chi connectivity index (χ0) is 12.0. The molecular weight excluding hydrogens is 216 g/mol. The minimum atomic E-state index is -0.304. The first-order valence-corrected chi connectivity index (χ1v) is 5.95. The highest BCUT2D eigenvalue weighted by Crippen LogP contribution is 2.31. The van der Waals surface area contributed by atoms with Crippen molar-refractivity contribution in [1.29, 1.82) is 0 Å². The highest BCUT2D eigenvalue weighted by Gasteiger charge is 2.30. The lowest BCUT2D eigenvalue weighted by molar-refractivity contribution is 0.435. The van der Waals surface area contributed by atoms with Gasteiger partial charge in [0.25, 0.3) is 0 Å². The summed E-state index contributed by atoms with van der Waals surface area (Å²) in [6.07, 6.45) is 2.32. The third-order valence-electron chi connectivity index (χ3n) is 3.80. The monoisotopic (exact) mass is 232 g/mol. The molecule has 4 nitrogen and oxygen atoms in total. The van der Waals surface area contributed by atoms with Gasteiger partial charge in [-0.2, -0.15) is 0 Å². The van der Waals surface area contributed by atoms with Gasteiger partial charge in [-0.05, 0) is 44.0 Å².